The van der Waals surface area contributed by atoms with Gasteiger partial charge in [0.05, 0.1) is 11.2 Å². The number of nitrogen functional groups attached to an aromatic ring is 1. The Morgan fingerprint density at radius 1 is 1.53 bits per heavy atom. The predicted octanol–water partition coefficient (Wildman–Crippen LogP) is 1.93. The molecule has 0 aliphatic rings. The molecule has 0 bridgehead atoms. The summed E-state index contributed by atoms with van der Waals surface area (Å²) in [6.07, 6.45) is 0.561. The van der Waals surface area contributed by atoms with E-state index in [0.29, 0.717) is 12.3 Å². The molecule has 1 aromatic carbocycles. The summed E-state index contributed by atoms with van der Waals surface area (Å²) in [4.78, 5) is 11.9. The Morgan fingerprint density at radius 3 is 2.74 bits per heavy atom. The van der Waals surface area contributed by atoms with Gasteiger partial charge < -0.3 is 16.2 Å². The van der Waals surface area contributed by atoms with Crippen molar-refractivity contribution in [2.45, 2.75) is 32.8 Å². The van der Waals surface area contributed by atoms with Crippen LogP contribution in [0.5, 0.6) is 0 Å². The molecule has 0 saturated carbocycles. The van der Waals surface area contributed by atoms with Crippen molar-refractivity contribution in [1.82, 2.24) is 5.32 Å². The van der Waals surface area contributed by atoms with E-state index in [4.69, 9.17) is 5.73 Å². The van der Waals surface area contributed by atoms with Crippen molar-refractivity contribution in [1.29, 1.82) is 0 Å². The Morgan fingerprint density at radius 2 is 2.16 bits per heavy atom. The number of hydrogen-bond acceptors (Lipinski definition) is 3. The Balaban J connectivity index is 2.68. The van der Waals surface area contributed by atoms with Crippen molar-refractivity contribution in [3.05, 3.63) is 29.6 Å². The zero-order chi connectivity index (χ0) is 14.6. The number of benzene rings is 1. The first-order chi connectivity index (χ1) is 8.71. The zero-order valence-corrected chi connectivity index (χ0v) is 11.5. The van der Waals surface area contributed by atoms with E-state index in [-0.39, 0.29) is 17.8 Å². The van der Waals surface area contributed by atoms with Gasteiger partial charge in [0.2, 0.25) is 0 Å². The Hall–Kier alpha value is -1.62. The number of hydrogen-bond donors (Lipinski definition) is 3. The Bertz CT molecular complexity index is 459. The average molecular weight is 268 g/mol. The van der Waals surface area contributed by atoms with Crippen LogP contribution in [0, 0.1) is 11.7 Å². The number of carbonyl (C=O) groups excluding carboxylic acids is 1. The van der Waals surface area contributed by atoms with E-state index in [1.807, 2.05) is 13.8 Å². The van der Waals surface area contributed by atoms with Crippen molar-refractivity contribution in [2.75, 3.05) is 12.3 Å². The Labute approximate surface area is 112 Å². The summed E-state index contributed by atoms with van der Waals surface area (Å²) >= 11 is 0. The second-order valence-corrected chi connectivity index (χ2v) is 5.51. The highest BCUT2D eigenvalue weighted by Crippen LogP contribution is 2.16. The number of nitrogens with two attached hydrogens (primary N) is 1. The van der Waals surface area contributed by atoms with Crippen molar-refractivity contribution in [3.8, 4) is 0 Å². The molecule has 1 atom stereocenters. The molecular weight excluding hydrogens is 247 g/mol. The van der Waals surface area contributed by atoms with Gasteiger partial charge in [0.15, 0.2) is 0 Å². The van der Waals surface area contributed by atoms with Crippen molar-refractivity contribution in [3.63, 3.8) is 0 Å². The van der Waals surface area contributed by atoms with Gasteiger partial charge in [-0.1, -0.05) is 13.8 Å². The molecule has 19 heavy (non-hydrogen) atoms. The molecule has 1 aromatic rings. The quantitative estimate of drug-likeness (QED) is 0.714. The van der Waals surface area contributed by atoms with Crippen LogP contribution in [0.3, 0.4) is 0 Å². The van der Waals surface area contributed by atoms with Gasteiger partial charge in [0.1, 0.15) is 5.82 Å². The third-order valence-electron chi connectivity index (χ3n) is 2.74. The first-order valence-electron chi connectivity index (χ1n) is 6.27. The highest BCUT2D eigenvalue weighted by atomic mass is 19.1. The van der Waals surface area contributed by atoms with Crippen molar-refractivity contribution in [2.24, 2.45) is 5.92 Å². The number of aliphatic hydroxyl groups is 1. The molecule has 0 aliphatic heterocycles. The van der Waals surface area contributed by atoms with Gasteiger partial charge >= 0.3 is 0 Å². The maximum atomic E-state index is 13.1. The monoisotopic (exact) mass is 268 g/mol. The number of halogens is 1. The lowest BCUT2D eigenvalue weighted by molar-refractivity contribution is 0.0368. The van der Waals surface area contributed by atoms with E-state index in [9.17, 15) is 14.3 Å². The van der Waals surface area contributed by atoms with E-state index in [1.54, 1.807) is 6.92 Å². The summed E-state index contributed by atoms with van der Waals surface area (Å²) in [7, 11) is 0. The minimum atomic E-state index is -0.994. The lowest BCUT2D eigenvalue weighted by atomic mass is 9.94. The van der Waals surface area contributed by atoms with Crippen molar-refractivity contribution < 1.29 is 14.3 Å². The molecule has 0 radical (unpaired) electrons. The smallest absolute Gasteiger partial charge is 0.253 e. The molecule has 1 rings (SSSR count). The zero-order valence-electron chi connectivity index (χ0n) is 11.5. The van der Waals surface area contributed by atoms with Gasteiger partial charge in [0, 0.05) is 12.2 Å². The summed E-state index contributed by atoms with van der Waals surface area (Å²) in [5.41, 5.74) is 4.92. The van der Waals surface area contributed by atoms with Gasteiger partial charge in [-0.2, -0.15) is 0 Å². The lowest BCUT2D eigenvalue weighted by Gasteiger charge is -2.25. The predicted molar refractivity (Wildman–Crippen MR) is 73.2 cm³/mol. The molecule has 0 fully saturated rings. The number of carbonyl (C=O) groups is 1. The van der Waals surface area contributed by atoms with Gasteiger partial charge in [-0.15, -0.1) is 0 Å². The second-order valence-electron chi connectivity index (χ2n) is 5.51. The first kappa shape index (κ1) is 15.4. The van der Waals surface area contributed by atoms with Gasteiger partial charge in [-0.25, -0.2) is 4.39 Å². The molecule has 0 heterocycles. The van der Waals surface area contributed by atoms with Crippen LogP contribution in [0.1, 0.15) is 37.6 Å². The maximum Gasteiger partial charge on any atom is 0.253 e. The van der Waals surface area contributed by atoms with Crippen LogP contribution >= 0.6 is 0 Å². The lowest BCUT2D eigenvalue weighted by Crippen LogP contribution is -2.41. The van der Waals surface area contributed by atoms with E-state index >= 15 is 0 Å². The Kier molecular flexibility index (Phi) is 4.89. The van der Waals surface area contributed by atoms with Gasteiger partial charge in [-0.05, 0) is 37.5 Å². The van der Waals surface area contributed by atoms with Crippen LogP contribution in [0.15, 0.2) is 18.2 Å². The van der Waals surface area contributed by atoms with Gasteiger partial charge in [-0.3, -0.25) is 4.79 Å². The van der Waals surface area contributed by atoms with Crippen molar-refractivity contribution >= 4 is 11.6 Å². The van der Waals surface area contributed by atoms with Crippen LogP contribution in [0.4, 0.5) is 10.1 Å². The summed E-state index contributed by atoms with van der Waals surface area (Å²) in [6.45, 7) is 5.73. The standard InChI is InChI=1S/C14H21FN2O2/c1-9(2)7-14(3,19)8-17-13(18)11-6-10(15)4-5-12(11)16/h4-6,9,19H,7-8,16H2,1-3H3,(H,17,18). The summed E-state index contributed by atoms with van der Waals surface area (Å²) in [5, 5.41) is 12.7. The maximum absolute atomic E-state index is 13.1. The third kappa shape index (κ3) is 4.87. The topological polar surface area (TPSA) is 75.3 Å². The molecule has 5 heteroatoms. The molecule has 0 aromatic heterocycles. The average Bonchev–Trinajstić information content (AvgIpc) is 2.27. The fraction of sp³-hybridized carbons (Fsp3) is 0.500. The minimum Gasteiger partial charge on any atom is -0.398 e. The molecule has 0 saturated heterocycles. The highest BCUT2D eigenvalue weighted by molar-refractivity contribution is 5.99. The summed E-state index contributed by atoms with van der Waals surface area (Å²) in [5.74, 6) is -0.694. The first-order valence-corrected chi connectivity index (χ1v) is 6.27. The molecule has 0 spiro atoms. The molecule has 1 amide bonds. The van der Waals surface area contributed by atoms with E-state index in [1.165, 1.54) is 12.1 Å². The van der Waals surface area contributed by atoms with Crippen LogP contribution < -0.4 is 11.1 Å². The third-order valence-corrected chi connectivity index (χ3v) is 2.74. The molecule has 4 nitrogen and oxygen atoms in total. The van der Waals surface area contributed by atoms with E-state index < -0.39 is 17.3 Å². The minimum absolute atomic E-state index is 0.0837. The fourth-order valence-electron chi connectivity index (χ4n) is 2.04. The normalized spacial score (nSPS) is 14.2. The number of anilines is 1. The van der Waals surface area contributed by atoms with E-state index in [2.05, 4.69) is 5.32 Å². The van der Waals surface area contributed by atoms with Crippen LogP contribution in [-0.4, -0.2) is 23.2 Å². The molecule has 4 N–H and O–H groups in total. The fourth-order valence-corrected chi connectivity index (χ4v) is 2.04. The van der Waals surface area contributed by atoms with E-state index in [0.717, 1.165) is 6.07 Å². The number of rotatable bonds is 5. The second kappa shape index (κ2) is 6.02. The molecule has 1 unspecified atom stereocenters. The van der Waals surface area contributed by atoms with Gasteiger partial charge in [0.25, 0.3) is 5.91 Å². The van der Waals surface area contributed by atoms with Crippen LogP contribution in [-0.2, 0) is 0 Å². The van der Waals surface area contributed by atoms with Crippen LogP contribution in [0.2, 0.25) is 0 Å². The number of nitrogens with one attached hydrogen (secondary N) is 1. The molecular formula is C14H21FN2O2. The van der Waals surface area contributed by atoms with Crippen LogP contribution in [0.25, 0.3) is 0 Å². The summed E-state index contributed by atoms with van der Waals surface area (Å²) in [6, 6.07) is 3.62. The largest absolute Gasteiger partial charge is 0.398 e. The molecule has 0 aliphatic carbocycles. The highest BCUT2D eigenvalue weighted by Gasteiger charge is 2.23. The molecule has 106 valence electrons. The summed E-state index contributed by atoms with van der Waals surface area (Å²) < 4.78 is 13.1. The number of amides is 1. The SMILES string of the molecule is CC(C)CC(C)(O)CNC(=O)c1cc(F)ccc1N.